The number of rotatable bonds is 5. The second-order valence-electron chi connectivity index (χ2n) is 9.05. The van der Waals surface area contributed by atoms with Crippen molar-refractivity contribution in [3.63, 3.8) is 0 Å². The number of hydrogen-bond donors (Lipinski definition) is 0. The molecule has 0 N–H and O–H groups in total. The van der Waals surface area contributed by atoms with Crippen LogP contribution in [0.1, 0.15) is 33.6 Å². The van der Waals surface area contributed by atoms with Crippen molar-refractivity contribution < 1.29 is 18.3 Å². The van der Waals surface area contributed by atoms with Crippen molar-refractivity contribution in [2.24, 2.45) is 0 Å². The van der Waals surface area contributed by atoms with Gasteiger partial charge in [0.1, 0.15) is 6.17 Å². The normalized spacial score (nSPS) is 21.2. The van der Waals surface area contributed by atoms with E-state index in [2.05, 4.69) is 51.6 Å². The van der Waals surface area contributed by atoms with Crippen LogP contribution in [0.4, 0.5) is 4.39 Å². The van der Waals surface area contributed by atoms with Gasteiger partial charge in [0.05, 0.1) is 13.2 Å². The molecule has 0 aromatic heterocycles. The number of hydrogen-bond acceptors (Lipinski definition) is 3. The summed E-state index contributed by atoms with van der Waals surface area (Å²) < 4.78 is 26.8. The fourth-order valence-electron chi connectivity index (χ4n) is 4.38. The van der Waals surface area contributed by atoms with Gasteiger partial charge < -0.3 is 9.16 Å². The molecule has 0 amide bonds. The van der Waals surface area contributed by atoms with Gasteiger partial charge in [0, 0.05) is 12.5 Å². The minimum absolute atomic E-state index is 0.147. The van der Waals surface area contributed by atoms with E-state index in [0.717, 1.165) is 10.4 Å². The number of benzene rings is 2. The number of ether oxygens (including phenoxy) is 1. The van der Waals surface area contributed by atoms with Gasteiger partial charge in [-0.05, 0) is 27.4 Å². The SMILES string of the molecule is C=C1[C@@H](F)C/C(=C/C(=O)OC)C[C@H]1O[Si](c1ccccc1)(c1ccccc1)C(C)(C)C. The fraction of sp³-hybridized carbons (Fsp3) is 0.346. The van der Waals surface area contributed by atoms with E-state index in [1.54, 1.807) is 0 Å². The highest BCUT2D eigenvalue weighted by atomic mass is 28.4. The molecule has 1 fully saturated rings. The zero-order valence-electron chi connectivity index (χ0n) is 18.7. The Kier molecular flexibility index (Phi) is 6.97. The average molecular weight is 439 g/mol. The molecule has 2 atom stereocenters. The van der Waals surface area contributed by atoms with Crippen molar-refractivity contribution in [3.05, 3.63) is 84.5 Å². The first kappa shape index (κ1) is 23.2. The smallest absolute Gasteiger partial charge is 0.330 e. The second-order valence-corrected chi connectivity index (χ2v) is 13.3. The Balaban J connectivity index is 2.13. The van der Waals surface area contributed by atoms with E-state index in [4.69, 9.17) is 9.16 Å². The lowest BCUT2D eigenvalue weighted by atomic mass is 9.87. The van der Waals surface area contributed by atoms with Gasteiger partial charge in [0.15, 0.2) is 0 Å². The van der Waals surface area contributed by atoms with Crippen LogP contribution < -0.4 is 10.4 Å². The van der Waals surface area contributed by atoms with E-state index in [1.807, 2.05) is 36.4 Å². The molecule has 0 saturated heterocycles. The summed E-state index contributed by atoms with van der Waals surface area (Å²) in [5, 5.41) is 2.02. The van der Waals surface area contributed by atoms with Gasteiger partial charge in [-0.3, -0.25) is 0 Å². The summed E-state index contributed by atoms with van der Waals surface area (Å²) in [4.78, 5) is 11.8. The highest BCUT2D eigenvalue weighted by molar-refractivity contribution is 6.99. The first-order chi connectivity index (χ1) is 14.7. The molecule has 3 nitrogen and oxygen atoms in total. The third-order valence-electron chi connectivity index (χ3n) is 5.96. The molecule has 1 aliphatic carbocycles. The monoisotopic (exact) mass is 438 g/mol. The molecular formula is C26H31FO3Si. The van der Waals surface area contributed by atoms with Crippen molar-refractivity contribution in [3.8, 4) is 0 Å². The van der Waals surface area contributed by atoms with Crippen molar-refractivity contribution in [1.82, 2.24) is 0 Å². The first-order valence-electron chi connectivity index (χ1n) is 10.6. The van der Waals surface area contributed by atoms with E-state index in [9.17, 15) is 9.18 Å². The van der Waals surface area contributed by atoms with Crippen LogP contribution in [-0.4, -0.2) is 33.7 Å². The largest absolute Gasteiger partial charge is 0.466 e. The molecular weight excluding hydrogens is 407 g/mol. The molecule has 1 aliphatic rings. The van der Waals surface area contributed by atoms with Gasteiger partial charge in [-0.15, -0.1) is 0 Å². The van der Waals surface area contributed by atoms with E-state index in [0.29, 0.717) is 17.6 Å². The molecule has 5 heteroatoms. The Hall–Kier alpha value is -2.50. The van der Waals surface area contributed by atoms with E-state index < -0.39 is 26.6 Å². The zero-order valence-corrected chi connectivity index (χ0v) is 19.7. The van der Waals surface area contributed by atoms with Gasteiger partial charge in [-0.2, -0.15) is 0 Å². The molecule has 1 saturated carbocycles. The lowest BCUT2D eigenvalue weighted by Crippen LogP contribution is -2.68. The van der Waals surface area contributed by atoms with Crippen LogP contribution in [0.2, 0.25) is 5.04 Å². The summed E-state index contributed by atoms with van der Waals surface area (Å²) in [5.41, 5.74) is 1.13. The lowest BCUT2D eigenvalue weighted by molar-refractivity contribution is -0.134. The Labute approximate surface area is 185 Å². The van der Waals surface area contributed by atoms with Gasteiger partial charge in [-0.25, -0.2) is 9.18 Å². The Morgan fingerprint density at radius 2 is 1.55 bits per heavy atom. The highest BCUT2D eigenvalue weighted by Crippen LogP contribution is 2.41. The summed E-state index contributed by atoms with van der Waals surface area (Å²) >= 11 is 0. The van der Waals surface area contributed by atoms with Crippen LogP contribution >= 0.6 is 0 Å². The predicted molar refractivity (Wildman–Crippen MR) is 126 cm³/mol. The first-order valence-corrected chi connectivity index (χ1v) is 12.5. The number of halogens is 1. The van der Waals surface area contributed by atoms with Crippen LogP contribution in [-0.2, 0) is 14.0 Å². The average Bonchev–Trinajstić information content (AvgIpc) is 2.75. The third-order valence-corrected chi connectivity index (χ3v) is 11.0. The summed E-state index contributed by atoms with van der Waals surface area (Å²) in [5.74, 6) is -0.473. The van der Waals surface area contributed by atoms with Crippen molar-refractivity contribution in [2.75, 3.05) is 7.11 Å². The molecule has 3 rings (SSSR count). The van der Waals surface area contributed by atoms with Crippen molar-refractivity contribution >= 4 is 24.7 Å². The van der Waals surface area contributed by atoms with Crippen molar-refractivity contribution in [1.29, 1.82) is 0 Å². The zero-order chi connectivity index (χ0) is 22.6. The molecule has 31 heavy (non-hydrogen) atoms. The molecule has 0 radical (unpaired) electrons. The molecule has 164 valence electrons. The van der Waals surface area contributed by atoms with Gasteiger partial charge in [0.25, 0.3) is 8.32 Å². The van der Waals surface area contributed by atoms with Crippen LogP contribution in [0.15, 0.2) is 84.5 Å². The van der Waals surface area contributed by atoms with Gasteiger partial charge in [-0.1, -0.05) is 93.6 Å². The topological polar surface area (TPSA) is 35.5 Å². The molecule has 0 spiro atoms. The molecule has 0 aliphatic heterocycles. The summed E-state index contributed by atoms with van der Waals surface area (Å²) in [7, 11) is -1.53. The van der Waals surface area contributed by atoms with E-state index in [1.165, 1.54) is 13.2 Å². The standard InChI is InChI=1S/C26H31FO3Si/c1-19-23(27)16-20(18-25(28)29-5)17-24(19)30-31(26(2,3)4,21-12-8-6-9-13-21)22-14-10-7-11-15-22/h6-15,18,23-24H,1,16-17H2,2-5H3/b20-18-/t23-,24+/m0/s1. The summed E-state index contributed by atoms with van der Waals surface area (Å²) in [6, 6.07) is 20.5. The number of carbonyl (C=O) groups is 1. The Morgan fingerprint density at radius 1 is 1.03 bits per heavy atom. The van der Waals surface area contributed by atoms with Crippen LogP contribution in [0, 0.1) is 0 Å². The molecule has 0 heterocycles. The Morgan fingerprint density at radius 3 is 2.00 bits per heavy atom. The maximum Gasteiger partial charge on any atom is 0.330 e. The number of esters is 1. The van der Waals surface area contributed by atoms with Gasteiger partial charge >= 0.3 is 5.97 Å². The second kappa shape index (κ2) is 9.33. The van der Waals surface area contributed by atoms with Crippen LogP contribution in [0.5, 0.6) is 0 Å². The number of alkyl halides is 1. The number of methoxy groups -OCH3 is 1. The summed E-state index contributed by atoms with van der Waals surface area (Å²) in [6.07, 6.45) is 0.188. The summed E-state index contributed by atoms with van der Waals surface area (Å²) in [6.45, 7) is 10.6. The molecule has 2 aromatic rings. The molecule has 0 unspecified atom stereocenters. The predicted octanol–water partition coefficient (Wildman–Crippen LogP) is 4.72. The maximum absolute atomic E-state index is 15.0. The lowest BCUT2D eigenvalue weighted by Gasteiger charge is -2.46. The number of carbonyl (C=O) groups excluding carboxylic acids is 1. The Bertz CT molecular complexity index is 908. The fourth-order valence-corrected chi connectivity index (χ4v) is 9.06. The molecule has 2 aromatic carbocycles. The quantitative estimate of drug-likeness (QED) is 0.293. The van der Waals surface area contributed by atoms with E-state index in [-0.39, 0.29) is 11.5 Å². The highest BCUT2D eigenvalue weighted by Gasteiger charge is 2.52. The maximum atomic E-state index is 15.0. The van der Waals surface area contributed by atoms with Crippen LogP contribution in [0.25, 0.3) is 0 Å². The third kappa shape index (κ3) is 4.73. The van der Waals surface area contributed by atoms with Crippen LogP contribution in [0.3, 0.4) is 0 Å². The minimum atomic E-state index is -2.86. The van der Waals surface area contributed by atoms with E-state index >= 15 is 0 Å². The minimum Gasteiger partial charge on any atom is -0.466 e. The van der Waals surface area contributed by atoms with Gasteiger partial charge in [0.2, 0.25) is 0 Å². The van der Waals surface area contributed by atoms with Crippen molar-refractivity contribution in [2.45, 2.75) is 50.9 Å². The molecule has 0 bridgehead atoms.